The molecule has 2 amide bonds. The number of amides is 2. The summed E-state index contributed by atoms with van der Waals surface area (Å²) in [6, 6.07) is 16.2. The van der Waals surface area contributed by atoms with Gasteiger partial charge in [-0.15, -0.1) is 5.10 Å². The molecule has 0 atom stereocenters. The molecule has 34 heavy (non-hydrogen) atoms. The first kappa shape index (κ1) is 22.3. The van der Waals surface area contributed by atoms with E-state index < -0.39 is 10.8 Å². The molecule has 2 aromatic carbocycles. The first-order chi connectivity index (χ1) is 16.4. The lowest BCUT2D eigenvalue weighted by Gasteiger charge is -2.09. The van der Waals surface area contributed by atoms with Crippen molar-refractivity contribution in [2.75, 3.05) is 5.32 Å². The van der Waals surface area contributed by atoms with E-state index in [0.717, 1.165) is 5.56 Å². The smallest absolute Gasteiger partial charge is 0.274 e. The first-order valence-electron chi connectivity index (χ1n) is 10.2. The van der Waals surface area contributed by atoms with E-state index in [1.807, 2.05) is 6.07 Å². The molecule has 0 aliphatic carbocycles. The molecule has 11 heteroatoms. The van der Waals surface area contributed by atoms with Crippen molar-refractivity contribution >= 4 is 23.2 Å². The number of carbonyl (C=O) groups is 2. The lowest BCUT2D eigenvalue weighted by Crippen LogP contribution is -2.24. The number of nitrogens with one attached hydrogen (secondary N) is 2. The van der Waals surface area contributed by atoms with Crippen LogP contribution in [0, 0.1) is 17.0 Å². The van der Waals surface area contributed by atoms with E-state index in [1.54, 1.807) is 43.3 Å². The number of nitro groups is 1. The van der Waals surface area contributed by atoms with Crippen molar-refractivity contribution < 1.29 is 14.5 Å². The van der Waals surface area contributed by atoms with Crippen molar-refractivity contribution in [1.29, 1.82) is 0 Å². The molecule has 0 saturated heterocycles. The van der Waals surface area contributed by atoms with Crippen LogP contribution in [0.3, 0.4) is 0 Å². The van der Waals surface area contributed by atoms with Crippen LogP contribution in [0.2, 0.25) is 0 Å². The number of pyridine rings is 1. The molecule has 0 unspecified atom stereocenters. The molecule has 0 bridgehead atoms. The number of rotatable bonds is 7. The monoisotopic (exact) mass is 457 g/mol. The van der Waals surface area contributed by atoms with Gasteiger partial charge < -0.3 is 10.6 Å². The highest BCUT2D eigenvalue weighted by molar-refractivity contribution is 6.04. The van der Waals surface area contributed by atoms with Crippen molar-refractivity contribution in [3.63, 3.8) is 0 Å². The summed E-state index contributed by atoms with van der Waals surface area (Å²) < 4.78 is 1.37. The third-order valence-corrected chi connectivity index (χ3v) is 4.98. The Bertz CT molecular complexity index is 1370. The molecule has 0 fully saturated rings. The van der Waals surface area contributed by atoms with Crippen LogP contribution < -0.4 is 10.6 Å². The second kappa shape index (κ2) is 9.69. The number of hydrogen-bond acceptors (Lipinski definition) is 7. The lowest BCUT2D eigenvalue weighted by molar-refractivity contribution is -0.384. The van der Waals surface area contributed by atoms with Crippen LogP contribution in [0.25, 0.3) is 5.69 Å². The average Bonchev–Trinajstić information content (AvgIpc) is 3.24. The second-order valence-electron chi connectivity index (χ2n) is 7.29. The van der Waals surface area contributed by atoms with Crippen LogP contribution in [-0.2, 0) is 6.54 Å². The highest BCUT2D eigenvalue weighted by atomic mass is 16.6. The Kier molecular flexibility index (Phi) is 6.35. The number of hydrogen-bond donors (Lipinski definition) is 2. The van der Waals surface area contributed by atoms with Crippen LogP contribution in [0.15, 0.2) is 73.1 Å². The van der Waals surface area contributed by atoms with E-state index in [-0.39, 0.29) is 23.8 Å². The van der Waals surface area contributed by atoms with Gasteiger partial charge >= 0.3 is 0 Å². The van der Waals surface area contributed by atoms with Crippen LogP contribution in [0.1, 0.15) is 32.1 Å². The molecule has 0 saturated carbocycles. The van der Waals surface area contributed by atoms with Crippen molar-refractivity contribution in [3.05, 3.63) is 106 Å². The molecule has 2 aromatic heterocycles. The third-order valence-electron chi connectivity index (χ3n) is 4.98. The Balaban J connectivity index is 1.43. The summed E-state index contributed by atoms with van der Waals surface area (Å²) >= 11 is 0. The van der Waals surface area contributed by atoms with Gasteiger partial charge in [-0.25, -0.2) is 4.68 Å². The third kappa shape index (κ3) is 4.93. The molecule has 0 aliphatic heterocycles. The van der Waals surface area contributed by atoms with Crippen LogP contribution in [0.5, 0.6) is 0 Å². The van der Waals surface area contributed by atoms with Gasteiger partial charge in [0, 0.05) is 42.3 Å². The Hall–Kier alpha value is -4.93. The van der Waals surface area contributed by atoms with Gasteiger partial charge in [0.2, 0.25) is 0 Å². The van der Waals surface area contributed by atoms with Crippen LogP contribution in [-0.4, -0.2) is 36.7 Å². The van der Waals surface area contributed by atoms with Crippen molar-refractivity contribution in [3.8, 4) is 5.69 Å². The molecule has 11 nitrogen and oxygen atoms in total. The molecular formula is C23H19N7O4. The molecule has 0 spiro atoms. The lowest BCUT2D eigenvalue weighted by atomic mass is 10.2. The van der Waals surface area contributed by atoms with E-state index >= 15 is 0 Å². The maximum absolute atomic E-state index is 12.7. The predicted molar refractivity (Wildman–Crippen MR) is 123 cm³/mol. The SMILES string of the molecule is Cc1c(C(=O)NCc2cccc(NC(=O)c3ccncc3)c2)nnn1-c1cccc([N+](=O)[O-])c1. The number of aromatic nitrogens is 4. The molecule has 4 aromatic rings. The van der Waals surface area contributed by atoms with Crippen molar-refractivity contribution in [2.24, 2.45) is 0 Å². The zero-order valence-corrected chi connectivity index (χ0v) is 18.0. The topological polar surface area (TPSA) is 145 Å². The fourth-order valence-electron chi connectivity index (χ4n) is 3.25. The summed E-state index contributed by atoms with van der Waals surface area (Å²) in [6.45, 7) is 1.85. The fraction of sp³-hybridized carbons (Fsp3) is 0.0870. The fourth-order valence-corrected chi connectivity index (χ4v) is 3.25. The molecule has 0 radical (unpaired) electrons. The Morgan fingerprint density at radius 1 is 1.03 bits per heavy atom. The summed E-state index contributed by atoms with van der Waals surface area (Å²) in [5.74, 6) is -0.711. The van der Waals surface area contributed by atoms with Crippen molar-refractivity contribution in [1.82, 2.24) is 25.3 Å². The number of nitrogens with zero attached hydrogens (tertiary/aromatic N) is 5. The normalized spacial score (nSPS) is 10.5. The minimum absolute atomic E-state index is 0.0886. The Morgan fingerprint density at radius 3 is 2.56 bits per heavy atom. The number of carbonyl (C=O) groups excluding carboxylic acids is 2. The molecule has 2 heterocycles. The number of benzene rings is 2. The van der Waals surface area contributed by atoms with Gasteiger partial charge in [-0.05, 0) is 42.8 Å². The van der Waals surface area contributed by atoms with Gasteiger partial charge in [-0.3, -0.25) is 24.7 Å². The summed E-state index contributed by atoms with van der Waals surface area (Å²) in [4.78, 5) is 39.4. The minimum atomic E-state index is -0.503. The van der Waals surface area contributed by atoms with E-state index in [4.69, 9.17) is 0 Å². The predicted octanol–water partition coefficient (Wildman–Crippen LogP) is 3.06. The van der Waals surface area contributed by atoms with Gasteiger partial charge in [-0.2, -0.15) is 0 Å². The summed E-state index contributed by atoms with van der Waals surface area (Å²) in [7, 11) is 0. The molecule has 170 valence electrons. The standard InChI is InChI=1S/C23H19N7O4/c1-15-21(27-28-29(15)19-6-3-7-20(13-19)30(33)34)23(32)25-14-16-4-2-5-18(12-16)26-22(31)17-8-10-24-11-9-17/h2-13H,14H2,1H3,(H,25,32)(H,26,31). The second-order valence-corrected chi connectivity index (χ2v) is 7.29. The van der Waals surface area contributed by atoms with E-state index in [0.29, 0.717) is 22.6 Å². The number of non-ortho nitro benzene ring substituents is 1. The van der Waals surface area contributed by atoms with E-state index in [2.05, 4.69) is 25.9 Å². The zero-order valence-electron chi connectivity index (χ0n) is 18.0. The van der Waals surface area contributed by atoms with Crippen LogP contribution >= 0.6 is 0 Å². The molecule has 0 aliphatic rings. The summed E-state index contributed by atoms with van der Waals surface area (Å²) in [6.07, 6.45) is 3.08. The number of anilines is 1. The molecule has 2 N–H and O–H groups in total. The largest absolute Gasteiger partial charge is 0.347 e. The molecular weight excluding hydrogens is 438 g/mol. The summed E-state index contributed by atoms with van der Waals surface area (Å²) in [5, 5.41) is 24.5. The maximum atomic E-state index is 12.7. The highest BCUT2D eigenvalue weighted by Gasteiger charge is 2.18. The van der Waals surface area contributed by atoms with Gasteiger partial charge in [-0.1, -0.05) is 23.4 Å². The average molecular weight is 457 g/mol. The molecule has 4 rings (SSSR count). The van der Waals surface area contributed by atoms with Gasteiger partial charge in [0.05, 0.1) is 16.3 Å². The quantitative estimate of drug-likeness (QED) is 0.320. The number of nitro benzene ring substituents is 1. The highest BCUT2D eigenvalue weighted by Crippen LogP contribution is 2.18. The minimum Gasteiger partial charge on any atom is -0.347 e. The van der Waals surface area contributed by atoms with Crippen LogP contribution in [0.4, 0.5) is 11.4 Å². The first-order valence-corrected chi connectivity index (χ1v) is 10.2. The Labute approximate surface area is 193 Å². The maximum Gasteiger partial charge on any atom is 0.274 e. The van der Waals surface area contributed by atoms with Gasteiger partial charge in [0.25, 0.3) is 17.5 Å². The van der Waals surface area contributed by atoms with E-state index in [9.17, 15) is 19.7 Å². The zero-order chi connectivity index (χ0) is 24.1. The van der Waals surface area contributed by atoms with Gasteiger partial charge in [0.1, 0.15) is 0 Å². The van der Waals surface area contributed by atoms with E-state index in [1.165, 1.54) is 35.3 Å². The summed E-state index contributed by atoms with van der Waals surface area (Å²) in [5.41, 5.74) is 2.72. The Morgan fingerprint density at radius 2 is 1.79 bits per heavy atom. The van der Waals surface area contributed by atoms with Gasteiger partial charge in [0.15, 0.2) is 5.69 Å². The van der Waals surface area contributed by atoms with Crippen molar-refractivity contribution in [2.45, 2.75) is 13.5 Å².